The Kier molecular flexibility index (Phi) is 3.25. The lowest BCUT2D eigenvalue weighted by Gasteiger charge is -2.20. The minimum absolute atomic E-state index is 0.285. The normalized spacial score (nSPS) is 11.5. The number of methoxy groups -OCH3 is 1. The van der Waals surface area contributed by atoms with E-state index in [0.29, 0.717) is 12.2 Å². The molecule has 0 fully saturated rings. The molecular formula is C12H19NO2. The van der Waals surface area contributed by atoms with E-state index in [1.165, 1.54) is 0 Å². The van der Waals surface area contributed by atoms with Crippen molar-refractivity contribution in [1.82, 2.24) is 0 Å². The number of hydrogen-bond donors (Lipinski definition) is 2. The highest BCUT2D eigenvalue weighted by molar-refractivity contribution is 5.48. The Morgan fingerprint density at radius 2 is 2.00 bits per heavy atom. The van der Waals surface area contributed by atoms with Gasteiger partial charge in [-0.05, 0) is 38.8 Å². The first kappa shape index (κ1) is 11.9. The summed E-state index contributed by atoms with van der Waals surface area (Å²) in [5.41, 5.74) is 7.22. The van der Waals surface area contributed by atoms with E-state index in [4.69, 9.17) is 10.5 Å². The van der Waals surface area contributed by atoms with Gasteiger partial charge in [0.2, 0.25) is 0 Å². The zero-order valence-corrected chi connectivity index (χ0v) is 9.79. The second-order valence-electron chi connectivity index (χ2n) is 4.57. The molecule has 15 heavy (non-hydrogen) atoms. The van der Waals surface area contributed by atoms with Crippen LogP contribution in [0.15, 0.2) is 12.1 Å². The lowest BCUT2D eigenvalue weighted by Crippen LogP contribution is -2.34. The number of ether oxygens (including phenoxy) is 1. The fraction of sp³-hybridized carbons (Fsp3) is 0.500. The third kappa shape index (κ3) is 2.86. The molecule has 0 saturated carbocycles. The van der Waals surface area contributed by atoms with Crippen LogP contribution < -0.4 is 10.5 Å². The van der Waals surface area contributed by atoms with Gasteiger partial charge in [0.05, 0.1) is 7.11 Å². The predicted octanol–water partition coefficient (Wildman–Crippen LogP) is 1.99. The molecule has 1 rings (SSSR count). The Balaban J connectivity index is 3.07. The Labute approximate surface area is 90.9 Å². The molecule has 1 aromatic rings. The van der Waals surface area contributed by atoms with E-state index in [1.54, 1.807) is 7.11 Å². The van der Waals surface area contributed by atoms with E-state index in [0.717, 1.165) is 11.1 Å². The van der Waals surface area contributed by atoms with Crippen molar-refractivity contribution in [3.8, 4) is 11.5 Å². The second-order valence-corrected chi connectivity index (χ2v) is 4.57. The molecule has 0 aliphatic heterocycles. The molecule has 0 bridgehead atoms. The summed E-state index contributed by atoms with van der Waals surface area (Å²) in [6, 6.07) is 3.71. The van der Waals surface area contributed by atoms with Crippen molar-refractivity contribution in [2.24, 2.45) is 5.73 Å². The molecule has 0 spiro atoms. The SMILES string of the molecule is COc1ccc(CC(C)(C)N)c(O)c1C. The van der Waals surface area contributed by atoms with Gasteiger partial charge < -0.3 is 15.6 Å². The third-order valence-electron chi connectivity index (χ3n) is 2.33. The molecule has 0 saturated heterocycles. The van der Waals surface area contributed by atoms with Crippen molar-refractivity contribution in [3.63, 3.8) is 0 Å². The number of nitrogens with two attached hydrogens (primary N) is 1. The Morgan fingerprint density at radius 3 is 2.47 bits per heavy atom. The number of aromatic hydroxyl groups is 1. The number of phenols is 1. The van der Waals surface area contributed by atoms with Gasteiger partial charge in [0.25, 0.3) is 0 Å². The van der Waals surface area contributed by atoms with Crippen LogP contribution in [0.2, 0.25) is 0 Å². The second kappa shape index (κ2) is 4.11. The van der Waals surface area contributed by atoms with Gasteiger partial charge in [-0.2, -0.15) is 0 Å². The molecule has 0 amide bonds. The van der Waals surface area contributed by atoms with Crippen LogP contribution in [0.25, 0.3) is 0 Å². The zero-order chi connectivity index (χ0) is 11.6. The maximum absolute atomic E-state index is 9.94. The Hall–Kier alpha value is -1.22. The summed E-state index contributed by atoms with van der Waals surface area (Å²) in [4.78, 5) is 0. The van der Waals surface area contributed by atoms with Gasteiger partial charge in [0.1, 0.15) is 11.5 Å². The van der Waals surface area contributed by atoms with Gasteiger partial charge >= 0.3 is 0 Å². The van der Waals surface area contributed by atoms with Crippen molar-refractivity contribution in [3.05, 3.63) is 23.3 Å². The molecule has 0 aliphatic rings. The van der Waals surface area contributed by atoms with Gasteiger partial charge in [0, 0.05) is 11.1 Å². The van der Waals surface area contributed by atoms with Crippen molar-refractivity contribution in [2.75, 3.05) is 7.11 Å². The van der Waals surface area contributed by atoms with Gasteiger partial charge in [-0.1, -0.05) is 6.07 Å². The topological polar surface area (TPSA) is 55.5 Å². The van der Waals surface area contributed by atoms with E-state index in [-0.39, 0.29) is 11.3 Å². The van der Waals surface area contributed by atoms with Crippen LogP contribution in [-0.2, 0) is 6.42 Å². The molecule has 3 nitrogen and oxygen atoms in total. The van der Waals surface area contributed by atoms with Crippen molar-refractivity contribution in [2.45, 2.75) is 32.7 Å². The summed E-state index contributed by atoms with van der Waals surface area (Å²) in [5.74, 6) is 0.985. The molecular weight excluding hydrogens is 190 g/mol. The molecule has 0 radical (unpaired) electrons. The molecule has 0 unspecified atom stereocenters. The smallest absolute Gasteiger partial charge is 0.125 e. The van der Waals surface area contributed by atoms with E-state index in [9.17, 15) is 5.11 Å². The molecule has 0 aromatic heterocycles. The van der Waals surface area contributed by atoms with Crippen molar-refractivity contribution >= 4 is 0 Å². The average molecular weight is 209 g/mol. The summed E-state index contributed by atoms with van der Waals surface area (Å²) in [7, 11) is 1.59. The lowest BCUT2D eigenvalue weighted by molar-refractivity contribution is 0.399. The van der Waals surface area contributed by atoms with Gasteiger partial charge in [-0.3, -0.25) is 0 Å². The minimum atomic E-state index is -0.321. The van der Waals surface area contributed by atoms with Gasteiger partial charge in [0.15, 0.2) is 0 Å². The average Bonchev–Trinajstić information content (AvgIpc) is 2.11. The highest BCUT2D eigenvalue weighted by Gasteiger charge is 2.16. The van der Waals surface area contributed by atoms with Crippen molar-refractivity contribution < 1.29 is 9.84 Å². The minimum Gasteiger partial charge on any atom is -0.507 e. The quantitative estimate of drug-likeness (QED) is 0.800. The lowest BCUT2D eigenvalue weighted by atomic mass is 9.94. The first-order valence-electron chi connectivity index (χ1n) is 4.99. The number of phenolic OH excluding ortho intramolecular Hbond substituents is 1. The van der Waals surface area contributed by atoms with Crippen LogP contribution in [-0.4, -0.2) is 17.8 Å². The highest BCUT2D eigenvalue weighted by Crippen LogP contribution is 2.31. The Morgan fingerprint density at radius 1 is 1.40 bits per heavy atom. The van der Waals surface area contributed by atoms with Gasteiger partial charge in [-0.15, -0.1) is 0 Å². The molecule has 1 aromatic carbocycles. The van der Waals surface area contributed by atoms with Crippen LogP contribution >= 0.6 is 0 Å². The third-order valence-corrected chi connectivity index (χ3v) is 2.33. The van der Waals surface area contributed by atoms with E-state index in [2.05, 4.69) is 0 Å². The molecule has 3 N–H and O–H groups in total. The van der Waals surface area contributed by atoms with E-state index < -0.39 is 0 Å². The van der Waals surface area contributed by atoms with Crippen LogP contribution in [0, 0.1) is 6.92 Å². The van der Waals surface area contributed by atoms with Crippen LogP contribution in [0.3, 0.4) is 0 Å². The van der Waals surface area contributed by atoms with E-state index in [1.807, 2.05) is 32.9 Å². The molecule has 0 atom stereocenters. The van der Waals surface area contributed by atoms with Crippen molar-refractivity contribution in [1.29, 1.82) is 0 Å². The monoisotopic (exact) mass is 209 g/mol. The zero-order valence-electron chi connectivity index (χ0n) is 9.79. The first-order valence-corrected chi connectivity index (χ1v) is 4.99. The molecule has 84 valence electrons. The Bertz CT molecular complexity index is 353. The molecule has 3 heteroatoms. The summed E-state index contributed by atoms with van der Waals surface area (Å²) in [6.07, 6.45) is 0.643. The summed E-state index contributed by atoms with van der Waals surface area (Å²) < 4.78 is 5.12. The highest BCUT2D eigenvalue weighted by atomic mass is 16.5. The maximum atomic E-state index is 9.94. The summed E-state index contributed by atoms with van der Waals surface area (Å²) in [6.45, 7) is 5.71. The largest absolute Gasteiger partial charge is 0.507 e. The fourth-order valence-electron chi connectivity index (χ4n) is 1.59. The standard InChI is InChI=1S/C12H19NO2/c1-8-10(15-4)6-5-9(11(8)14)7-12(2,3)13/h5-6,14H,7,13H2,1-4H3. The number of hydrogen-bond acceptors (Lipinski definition) is 3. The summed E-state index contributed by atoms with van der Waals surface area (Å²) in [5, 5.41) is 9.94. The number of benzene rings is 1. The summed E-state index contributed by atoms with van der Waals surface area (Å²) >= 11 is 0. The maximum Gasteiger partial charge on any atom is 0.125 e. The number of rotatable bonds is 3. The van der Waals surface area contributed by atoms with Crippen LogP contribution in [0.5, 0.6) is 11.5 Å². The van der Waals surface area contributed by atoms with Gasteiger partial charge in [-0.25, -0.2) is 0 Å². The predicted molar refractivity (Wildman–Crippen MR) is 61.4 cm³/mol. The molecule has 0 heterocycles. The van der Waals surface area contributed by atoms with Crippen LogP contribution in [0.4, 0.5) is 0 Å². The van der Waals surface area contributed by atoms with Crippen LogP contribution in [0.1, 0.15) is 25.0 Å². The first-order chi connectivity index (χ1) is 6.85. The van der Waals surface area contributed by atoms with E-state index >= 15 is 0 Å². The molecule has 0 aliphatic carbocycles. The fourth-order valence-corrected chi connectivity index (χ4v) is 1.59.